The number of carbonyl (C=O) groups is 10. The first-order valence-corrected chi connectivity index (χ1v) is 28.2. The largest absolute Gasteiger partial charge is 0.381 e. The molecule has 0 saturated carbocycles. The van der Waals surface area contributed by atoms with Gasteiger partial charge in [0.05, 0.1) is 33.0 Å². The molecule has 17 heteroatoms. The first-order chi connectivity index (χ1) is 35.5. The lowest BCUT2D eigenvalue weighted by molar-refractivity contribution is -0.134. The Balaban J connectivity index is -0.000000483. The number of hydrogen-bond donors (Lipinski definition) is 2. The van der Waals surface area contributed by atoms with E-state index in [4.69, 9.17) is 23.7 Å². The van der Waals surface area contributed by atoms with Crippen LogP contribution in [0.3, 0.4) is 0 Å². The molecule has 2 N–H and O–H groups in total. The number of nitrogens with one attached hydrogen (secondary N) is 2. The summed E-state index contributed by atoms with van der Waals surface area (Å²) in [6, 6.07) is 0. The molecule has 0 aliphatic carbocycles. The fraction of sp³-hybridized carbons (Fsp3) is 0.839. The van der Waals surface area contributed by atoms with Gasteiger partial charge < -0.3 is 34.3 Å². The van der Waals surface area contributed by atoms with Gasteiger partial charge in [0, 0.05) is 95.2 Å². The predicted molar refractivity (Wildman–Crippen MR) is 313 cm³/mol. The summed E-state index contributed by atoms with van der Waals surface area (Å²) < 4.78 is 26.2. The summed E-state index contributed by atoms with van der Waals surface area (Å²) in [5.74, 6) is 0.441. The number of ketones is 8. The number of rotatable bonds is 31. The molecule has 0 aliphatic heterocycles. The third-order valence-electron chi connectivity index (χ3n) is 11.6. The van der Waals surface area contributed by atoms with Crippen molar-refractivity contribution in [2.45, 2.75) is 218 Å². The van der Waals surface area contributed by atoms with E-state index in [0.29, 0.717) is 52.2 Å². The van der Waals surface area contributed by atoms with Crippen molar-refractivity contribution in [3.63, 3.8) is 0 Å². The molecule has 0 atom stereocenters. The van der Waals surface area contributed by atoms with Crippen molar-refractivity contribution in [2.24, 2.45) is 43.3 Å². The summed E-state index contributed by atoms with van der Waals surface area (Å²) in [4.78, 5) is 116. The zero-order chi connectivity index (χ0) is 62.9. The van der Waals surface area contributed by atoms with Crippen LogP contribution < -0.4 is 10.6 Å². The summed E-state index contributed by atoms with van der Waals surface area (Å²) in [7, 11) is 0. The third kappa shape index (κ3) is 48.5. The van der Waals surface area contributed by atoms with Crippen LogP contribution in [0.1, 0.15) is 218 Å². The van der Waals surface area contributed by atoms with E-state index in [0.717, 1.165) is 19.3 Å². The Morgan fingerprint density at radius 3 is 0.911 bits per heavy atom. The van der Waals surface area contributed by atoms with E-state index in [1.54, 1.807) is 20.8 Å². The van der Waals surface area contributed by atoms with E-state index in [1.807, 2.05) is 145 Å². The Hall–Kier alpha value is -3.90. The molecular weight excluding hydrogens is 1010 g/mol. The first-order valence-electron chi connectivity index (χ1n) is 28.2. The van der Waals surface area contributed by atoms with Gasteiger partial charge in [-0.05, 0) is 19.3 Å². The van der Waals surface area contributed by atoms with Gasteiger partial charge in [-0.15, -0.1) is 0 Å². The van der Waals surface area contributed by atoms with Crippen molar-refractivity contribution in [3.8, 4) is 0 Å². The van der Waals surface area contributed by atoms with Gasteiger partial charge in [-0.1, -0.05) is 166 Å². The predicted octanol–water partition coefficient (Wildman–Crippen LogP) is 10.3. The summed E-state index contributed by atoms with van der Waals surface area (Å²) in [6.45, 7) is 47.7. The molecule has 0 radical (unpaired) electrons. The van der Waals surface area contributed by atoms with Gasteiger partial charge in [0.25, 0.3) is 0 Å². The molecular formula is C62H114N2O15. The number of hydrogen-bond acceptors (Lipinski definition) is 15. The van der Waals surface area contributed by atoms with Gasteiger partial charge in [-0.25, -0.2) is 0 Å². The van der Waals surface area contributed by atoms with Crippen LogP contribution in [-0.4, -0.2) is 137 Å². The molecule has 0 aromatic rings. The van der Waals surface area contributed by atoms with Crippen LogP contribution in [0, 0.1) is 43.3 Å². The number of Topliss-reactive ketones (excluding diaryl/α,β-unsaturated/α-hetero) is 8. The van der Waals surface area contributed by atoms with Crippen molar-refractivity contribution >= 4 is 58.1 Å². The van der Waals surface area contributed by atoms with Crippen LogP contribution >= 0.6 is 0 Å². The summed E-state index contributed by atoms with van der Waals surface area (Å²) in [6.07, 6.45) is 4.32. The SMILES string of the molecule is CC(C)(C)C(=O)CCC(=O)COCCOCC(=O)NCC(=O)C(C)(C)C.CC(C)(C)C(=O)CCCNC(=O)C(C)(C)C.CC(C)(C)C(=O)CCCOCCCC(=O)C(C)(C)C.CC(C)(C)C(=O)COCCOCC(=O)C(C)(C)C. The van der Waals surface area contributed by atoms with E-state index in [-0.39, 0.29) is 150 Å². The summed E-state index contributed by atoms with van der Waals surface area (Å²) in [5, 5.41) is 5.34. The summed E-state index contributed by atoms with van der Waals surface area (Å²) in [5.41, 5.74) is -2.80. The fourth-order valence-electron chi connectivity index (χ4n) is 5.16. The minimum Gasteiger partial charge on any atom is -0.381 e. The highest BCUT2D eigenvalue weighted by Crippen LogP contribution is 2.21. The van der Waals surface area contributed by atoms with Gasteiger partial charge in [0.15, 0.2) is 23.1 Å². The Morgan fingerprint density at radius 1 is 0.278 bits per heavy atom. The van der Waals surface area contributed by atoms with Gasteiger partial charge in [0.1, 0.15) is 49.6 Å². The second-order valence-corrected chi connectivity index (χ2v) is 28.2. The quantitative estimate of drug-likeness (QED) is 0.0614. The third-order valence-corrected chi connectivity index (χ3v) is 11.6. The van der Waals surface area contributed by atoms with Crippen LogP contribution in [0.2, 0.25) is 0 Å². The van der Waals surface area contributed by atoms with Gasteiger partial charge in [-0.2, -0.15) is 0 Å². The lowest BCUT2D eigenvalue weighted by Crippen LogP contribution is -2.37. The summed E-state index contributed by atoms with van der Waals surface area (Å²) >= 11 is 0. The average molecular weight is 1130 g/mol. The van der Waals surface area contributed by atoms with Crippen LogP contribution in [0.5, 0.6) is 0 Å². The normalized spacial score (nSPS) is 12.3. The standard InChI is InChI=1S/C19H33NO6.C16H30O3.C14H26O4.C13H25NO2/c1-18(2,3)15(22)8-7-14(21)12-25-9-10-26-13-17(24)20-11-16(23)19(4,5)6;1-15(2,3)13(17)9-7-11-19-12-8-10-14(18)16(4,5)6;1-13(2,3)11(15)9-17-7-8-18-10-12(16)14(4,5)6;1-12(2,3)10(15)8-7-9-14-11(16)13(4,5)6/h7-13H2,1-6H3,(H,20,24);7-12H2,1-6H3;7-10H2,1-6H3;7-9H2,1-6H3,(H,14,16). The Kier molecular flexibility index (Phi) is 40.0. The molecule has 0 saturated heterocycles. The van der Waals surface area contributed by atoms with E-state index in [9.17, 15) is 47.9 Å². The van der Waals surface area contributed by atoms with Gasteiger partial charge >= 0.3 is 0 Å². The Morgan fingerprint density at radius 2 is 0.582 bits per heavy atom. The zero-order valence-electron chi connectivity index (χ0n) is 54.3. The molecule has 0 bridgehead atoms. The smallest absolute Gasteiger partial charge is 0.246 e. The molecule has 0 unspecified atom stereocenters. The van der Waals surface area contributed by atoms with E-state index >= 15 is 0 Å². The maximum atomic E-state index is 11.7. The van der Waals surface area contributed by atoms with Crippen LogP contribution in [0.15, 0.2) is 0 Å². The molecule has 0 spiro atoms. The topological polar surface area (TPSA) is 241 Å². The molecule has 0 aromatic heterocycles. The fourth-order valence-corrected chi connectivity index (χ4v) is 5.16. The van der Waals surface area contributed by atoms with Gasteiger partial charge in [0.2, 0.25) is 11.8 Å². The lowest BCUT2D eigenvalue weighted by Gasteiger charge is -2.19. The number of amides is 2. The van der Waals surface area contributed by atoms with Crippen molar-refractivity contribution in [2.75, 3.05) is 79.2 Å². The maximum absolute atomic E-state index is 11.7. The van der Waals surface area contributed by atoms with E-state index in [1.165, 1.54) is 0 Å². The molecule has 79 heavy (non-hydrogen) atoms. The molecule has 2 amide bonds. The second kappa shape index (κ2) is 38.7. The molecule has 0 aromatic carbocycles. The Bertz CT molecular complexity index is 1730. The zero-order valence-corrected chi connectivity index (χ0v) is 54.3. The molecule has 462 valence electrons. The van der Waals surface area contributed by atoms with Crippen molar-refractivity contribution in [1.82, 2.24) is 10.6 Å². The highest BCUT2D eigenvalue weighted by Gasteiger charge is 2.26. The molecule has 0 fully saturated rings. The first kappa shape index (κ1) is 81.6. The maximum Gasteiger partial charge on any atom is 0.246 e. The Labute approximate surface area is 478 Å². The van der Waals surface area contributed by atoms with Crippen molar-refractivity contribution < 1.29 is 71.6 Å². The number of carbonyl (C=O) groups excluding carboxylic acids is 10. The average Bonchev–Trinajstić information content (AvgIpc) is 3.28. The molecule has 0 aliphatic rings. The second-order valence-electron chi connectivity index (χ2n) is 28.2. The minimum atomic E-state index is -0.494. The monoisotopic (exact) mass is 1130 g/mol. The van der Waals surface area contributed by atoms with E-state index in [2.05, 4.69) is 10.6 Å². The highest BCUT2D eigenvalue weighted by molar-refractivity contribution is 5.90. The van der Waals surface area contributed by atoms with Crippen molar-refractivity contribution in [1.29, 1.82) is 0 Å². The van der Waals surface area contributed by atoms with Crippen molar-refractivity contribution in [3.05, 3.63) is 0 Å². The highest BCUT2D eigenvalue weighted by atomic mass is 16.5. The lowest BCUT2D eigenvalue weighted by atomic mass is 9.88. The molecule has 0 heterocycles. The van der Waals surface area contributed by atoms with Crippen LogP contribution in [0.25, 0.3) is 0 Å². The van der Waals surface area contributed by atoms with Gasteiger partial charge in [-0.3, -0.25) is 47.9 Å². The molecule has 17 nitrogen and oxygen atoms in total. The van der Waals surface area contributed by atoms with Crippen LogP contribution in [0.4, 0.5) is 0 Å². The minimum absolute atomic E-state index is 0.0238. The number of ether oxygens (including phenoxy) is 5. The molecule has 0 rings (SSSR count). The van der Waals surface area contributed by atoms with E-state index < -0.39 is 10.8 Å². The van der Waals surface area contributed by atoms with Crippen LogP contribution in [-0.2, 0) is 71.6 Å².